The van der Waals surface area contributed by atoms with Gasteiger partial charge in [0.15, 0.2) is 0 Å². The summed E-state index contributed by atoms with van der Waals surface area (Å²) < 4.78 is 5.44. The monoisotopic (exact) mass is 267 g/mol. The van der Waals surface area contributed by atoms with Crippen LogP contribution in [0, 0.1) is 6.92 Å². The lowest BCUT2D eigenvalue weighted by atomic mass is 10.4. The summed E-state index contributed by atoms with van der Waals surface area (Å²) in [5.41, 5.74) is 1.03. The second kappa shape index (κ2) is 5.92. The zero-order valence-corrected chi connectivity index (χ0v) is 11.5. The van der Waals surface area contributed by atoms with Crippen LogP contribution in [0.3, 0.4) is 0 Å². The number of anilines is 1. The SMILES string of the molecule is Cc1csc(CNc2nnc(CNC(C)C)o2)n1. The number of nitrogens with one attached hydrogen (secondary N) is 2. The van der Waals surface area contributed by atoms with Gasteiger partial charge in [-0.3, -0.25) is 0 Å². The zero-order valence-electron chi connectivity index (χ0n) is 10.7. The van der Waals surface area contributed by atoms with Crippen LogP contribution >= 0.6 is 11.3 Å². The summed E-state index contributed by atoms with van der Waals surface area (Å²) in [4.78, 5) is 4.35. The molecule has 0 unspecified atom stereocenters. The first-order chi connectivity index (χ1) is 8.63. The molecule has 0 aliphatic rings. The smallest absolute Gasteiger partial charge is 0.315 e. The van der Waals surface area contributed by atoms with Crippen LogP contribution < -0.4 is 10.6 Å². The van der Waals surface area contributed by atoms with Crippen molar-refractivity contribution in [2.24, 2.45) is 0 Å². The maximum atomic E-state index is 5.44. The molecule has 0 aliphatic carbocycles. The van der Waals surface area contributed by atoms with Crippen LogP contribution in [0.1, 0.15) is 30.4 Å². The molecule has 6 nitrogen and oxygen atoms in total. The van der Waals surface area contributed by atoms with Crippen molar-refractivity contribution in [3.05, 3.63) is 22.0 Å². The molecule has 98 valence electrons. The molecule has 2 aromatic rings. The fraction of sp³-hybridized carbons (Fsp3) is 0.545. The van der Waals surface area contributed by atoms with Gasteiger partial charge in [0.1, 0.15) is 5.01 Å². The van der Waals surface area contributed by atoms with Gasteiger partial charge in [0.25, 0.3) is 0 Å². The van der Waals surface area contributed by atoms with Gasteiger partial charge in [0, 0.05) is 17.1 Å². The topological polar surface area (TPSA) is 75.9 Å². The fourth-order valence-electron chi connectivity index (χ4n) is 1.32. The average molecular weight is 267 g/mol. The molecule has 0 saturated carbocycles. The van der Waals surface area contributed by atoms with E-state index in [9.17, 15) is 0 Å². The zero-order chi connectivity index (χ0) is 13.0. The van der Waals surface area contributed by atoms with Gasteiger partial charge in [0.2, 0.25) is 5.89 Å². The van der Waals surface area contributed by atoms with E-state index in [4.69, 9.17) is 4.42 Å². The predicted molar refractivity (Wildman–Crippen MR) is 70.5 cm³/mol. The minimum Gasteiger partial charge on any atom is -0.407 e. The minimum absolute atomic E-state index is 0.395. The number of hydrogen-bond acceptors (Lipinski definition) is 7. The van der Waals surface area contributed by atoms with E-state index in [0.29, 0.717) is 31.0 Å². The number of aromatic nitrogens is 3. The van der Waals surface area contributed by atoms with Gasteiger partial charge < -0.3 is 15.1 Å². The van der Waals surface area contributed by atoms with Crippen LogP contribution in [0.2, 0.25) is 0 Å². The lowest BCUT2D eigenvalue weighted by Gasteiger charge is -2.03. The Morgan fingerprint density at radius 3 is 2.83 bits per heavy atom. The Kier molecular flexibility index (Phi) is 4.27. The standard InChI is InChI=1S/C11H17N5OS/c1-7(2)12-4-9-15-16-11(17-9)13-5-10-14-8(3)6-18-10/h6-7,12H,4-5H2,1-3H3,(H,13,16). The number of nitrogens with zero attached hydrogens (tertiary/aromatic N) is 3. The average Bonchev–Trinajstić information content (AvgIpc) is 2.93. The van der Waals surface area contributed by atoms with Crippen molar-refractivity contribution in [2.75, 3.05) is 5.32 Å². The van der Waals surface area contributed by atoms with Crippen molar-refractivity contribution < 1.29 is 4.42 Å². The molecule has 2 aromatic heterocycles. The Morgan fingerprint density at radius 1 is 1.33 bits per heavy atom. The largest absolute Gasteiger partial charge is 0.407 e. The number of thiazole rings is 1. The molecule has 0 bridgehead atoms. The van der Waals surface area contributed by atoms with E-state index < -0.39 is 0 Å². The van der Waals surface area contributed by atoms with E-state index in [-0.39, 0.29) is 0 Å². The second-order valence-electron chi connectivity index (χ2n) is 4.27. The highest BCUT2D eigenvalue weighted by Gasteiger charge is 2.06. The molecule has 0 radical (unpaired) electrons. The van der Waals surface area contributed by atoms with Gasteiger partial charge >= 0.3 is 6.01 Å². The van der Waals surface area contributed by atoms with Crippen LogP contribution in [0.25, 0.3) is 0 Å². The highest BCUT2D eigenvalue weighted by atomic mass is 32.1. The summed E-state index contributed by atoms with van der Waals surface area (Å²) in [5.74, 6) is 0.585. The molecule has 0 spiro atoms. The first kappa shape index (κ1) is 13.0. The number of aryl methyl sites for hydroxylation is 1. The summed E-state index contributed by atoms with van der Waals surface area (Å²) >= 11 is 1.61. The van der Waals surface area contributed by atoms with Crippen LogP contribution in [0.5, 0.6) is 0 Å². The summed E-state index contributed by atoms with van der Waals surface area (Å²) in [6.45, 7) is 7.31. The quantitative estimate of drug-likeness (QED) is 0.833. The van der Waals surface area contributed by atoms with Crippen molar-refractivity contribution in [3.63, 3.8) is 0 Å². The Balaban J connectivity index is 1.83. The van der Waals surface area contributed by atoms with Crippen LogP contribution in [-0.4, -0.2) is 21.2 Å². The first-order valence-corrected chi connectivity index (χ1v) is 6.72. The van der Waals surface area contributed by atoms with E-state index in [2.05, 4.69) is 39.7 Å². The minimum atomic E-state index is 0.395. The van der Waals surface area contributed by atoms with E-state index >= 15 is 0 Å². The third kappa shape index (κ3) is 3.78. The van der Waals surface area contributed by atoms with Crippen molar-refractivity contribution >= 4 is 17.4 Å². The van der Waals surface area contributed by atoms with Gasteiger partial charge in [0.05, 0.1) is 13.1 Å². The van der Waals surface area contributed by atoms with Crippen molar-refractivity contribution in [3.8, 4) is 0 Å². The van der Waals surface area contributed by atoms with Crippen molar-refractivity contribution in [2.45, 2.75) is 39.9 Å². The van der Waals surface area contributed by atoms with Crippen LogP contribution in [0.15, 0.2) is 9.80 Å². The molecule has 0 aliphatic heterocycles. The second-order valence-corrected chi connectivity index (χ2v) is 5.22. The highest BCUT2D eigenvalue weighted by Crippen LogP contribution is 2.11. The van der Waals surface area contributed by atoms with Crippen molar-refractivity contribution in [1.82, 2.24) is 20.5 Å². The molecular formula is C11H17N5OS. The van der Waals surface area contributed by atoms with Crippen molar-refractivity contribution in [1.29, 1.82) is 0 Å². The highest BCUT2D eigenvalue weighted by molar-refractivity contribution is 7.09. The first-order valence-electron chi connectivity index (χ1n) is 5.84. The normalized spacial score (nSPS) is 11.1. The molecule has 18 heavy (non-hydrogen) atoms. The summed E-state index contributed by atoms with van der Waals surface area (Å²) in [6, 6.07) is 0.829. The summed E-state index contributed by atoms with van der Waals surface area (Å²) in [6.07, 6.45) is 0. The number of rotatable bonds is 6. The number of hydrogen-bond donors (Lipinski definition) is 2. The van der Waals surface area contributed by atoms with Gasteiger partial charge in [-0.2, -0.15) is 0 Å². The molecule has 0 atom stereocenters. The molecule has 7 heteroatoms. The molecule has 0 saturated heterocycles. The van der Waals surface area contributed by atoms with E-state index in [1.165, 1.54) is 0 Å². The predicted octanol–water partition coefficient (Wildman–Crippen LogP) is 1.94. The molecule has 0 fully saturated rings. The molecule has 2 rings (SSSR count). The lowest BCUT2D eigenvalue weighted by Crippen LogP contribution is -2.21. The third-order valence-electron chi connectivity index (χ3n) is 2.19. The molecule has 0 amide bonds. The Bertz CT molecular complexity index is 493. The van der Waals surface area contributed by atoms with Gasteiger partial charge in [-0.25, -0.2) is 4.98 Å². The van der Waals surface area contributed by atoms with E-state index in [0.717, 1.165) is 10.7 Å². The maximum absolute atomic E-state index is 5.44. The summed E-state index contributed by atoms with van der Waals surface area (Å²) in [5, 5.41) is 17.2. The van der Waals surface area contributed by atoms with Crippen LogP contribution in [0.4, 0.5) is 6.01 Å². The van der Waals surface area contributed by atoms with E-state index in [1.54, 1.807) is 11.3 Å². The van der Waals surface area contributed by atoms with Gasteiger partial charge in [-0.15, -0.1) is 16.4 Å². The van der Waals surface area contributed by atoms with Gasteiger partial charge in [-0.1, -0.05) is 18.9 Å². The van der Waals surface area contributed by atoms with Crippen LogP contribution in [-0.2, 0) is 13.1 Å². The molecule has 2 N–H and O–H groups in total. The Morgan fingerprint density at radius 2 is 2.17 bits per heavy atom. The third-order valence-corrected chi connectivity index (χ3v) is 3.15. The van der Waals surface area contributed by atoms with Gasteiger partial charge in [-0.05, 0) is 6.92 Å². The fourth-order valence-corrected chi connectivity index (χ4v) is 2.03. The summed E-state index contributed by atoms with van der Waals surface area (Å²) in [7, 11) is 0. The Labute approximate surface area is 110 Å². The maximum Gasteiger partial charge on any atom is 0.315 e. The Hall–Kier alpha value is -1.47. The molecule has 0 aromatic carbocycles. The lowest BCUT2D eigenvalue weighted by molar-refractivity contribution is 0.458. The van der Waals surface area contributed by atoms with E-state index in [1.807, 2.05) is 12.3 Å². The molecule has 2 heterocycles. The molecular weight excluding hydrogens is 250 g/mol.